The molecule has 0 amide bonds. The van der Waals surface area contributed by atoms with Crippen LogP contribution in [0.25, 0.3) is 39.6 Å². The van der Waals surface area contributed by atoms with E-state index in [0.29, 0.717) is 31.8 Å². The molecule has 0 saturated carbocycles. The Kier molecular flexibility index (Phi) is 4.67. The number of aromatic nitrogens is 5. The fraction of sp³-hybridized carbons (Fsp3) is 0. The van der Waals surface area contributed by atoms with Gasteiger partial charge in [0, 0.05) is 22.3 Å². The van der Waals surface area contributed by atoms with Gasteiger partial charge >= 0.3 is 0 Å². The Morgan fingerprint density at radius 3 is 2.64 bits per heavy atom. The first-order chi connectivity index (χ1) is 16.2. The van der Waals surface area contributed by atoms with Crippen LogP contribution >= 0.6 is 22.9 Å². The highest BCUT2D eigenvalue weighted by atomic mass is 35.5. The molecule has 7 nitrogen and oxygen atoms in total. The number of nitrogens with zero attached hydrogens (tertiary/aromatic N) is 5. The lowest BCUT2D eigenvalue weighted by Gasteiger charge is -1.98. The van der Waals surface area contributed by atoms with Crippen LogP contribution in [0.4, 0.5) is 0 Å². The largest absolute Gasteiger partial charge is 0.463 e. The summed E-state index contributed by atoms with van der Waals surface area (Å²) >= 11 is 7.35. The molecule has 6 rings (SSSR count). The van der Waals surface area contributed by atoms with E-state index in [0.717, 1.165) is 16.8 Å². The smallest absolute Gasteiger partial charge is 0.291 e. The predicted molar refractivity (Wildman–Crippen MR) is 128 cm³/mol. The topological polar surface area (TPSA) is 78.2 Å². The normalized spacial score (nSPS) is 12.1. The van der Waals surface area contributed by atoms with Crippen LogP contribution in [0.5, 0.6) is 0 Å². The zero-order valence-electron chi connectivity index (χ0n) is 16.9. The lowest BCUT2D eigenvalue weighted by Crippen LogP contribution is -2.23. The zero-order chi connectivity index (χ0) is 22.4. The molecule has 4 aromatic heterocycles. The summed E-state index contributed by atoms with van der Waals surface area (Å²) in [6.07, 6.45) is 5.27. The van der Waals surface area contributed by atoms with E-state index < -0.39 is 0 Å². The van der Waals surface area contributed by atoms with E-state index in [9.17, 15) is 4.79 Å². The van der Waals surface area contributed by atoms with Crippen molar-refractivity contribution in [3.8, 4) is 28.5 Å². The molecule has 0 bridgehead atoms. The summed E-state index contributed by atoms with van der Waals surface area (Å²) < 4.78 is 9.17. The second-order valence-electron chi connectivity index (χ2n) is 7.25. The van der Waals surface area contributed by atoms with Gasteiger partial charge < -0.3 is 4.42 Å². The Balaban J connectivity index is 1.48. The minimum Gasteiger partial charge on any atom is -0.463 e. The quantitative estimate of drug-likeness (QED) is 0.379. The van der Waals surface area contributed by atoms with Crippen molar-refractivity contribution in [2.24, 2.45) is 0 Å². The van der Waals surface area contributed by atoms with Gasteiger partial charge in [0.1, 0.15) is 5.69 Å². The Morgan fingerprint density at radius 1 is 1.00 bits per heavy atom. The zero-order valence-corrected chi connectivity index (χ0v) is 18.5. The number of benzene rings is 2. The van der Waals surface area contributed by atoms with Gasteiger partial charge in [-0.2, -0.15) is 14.6 Å². The van der Waals surface area contributed by atoms with Crippen LogP contribution in [0.2, 0.25) is 5.02 Å². The van der Waals surface area contributed by atoms with Gasteiger partial charge in [-0.3, -0.25) is 4.79 Å². The molecular weight excluding hydrogens is 458 g/mol. The summed E-state index contributed by atoms with van der Waals surface area (Å²) in [7, 11) is 0. The van der Waals surface area contributed by atoms with Gasteiger partial charge in [0.25, 0.3) is 5.56 Å². The molecule has 0 aliphatic rings. The molecule has 0 saturated heterocycles. The Morgan fingerprint density at radius 2 is 1.88 bits per heavy atom. The third-order valence-corrected chi connectivity index (χ3v) is 6.26. The van der Waals surface area contributed by atoms with Gasteiger partial charge in [0.2, 0.25) is 4.96 Å². The summed E-state index contributed by atoms with van der Waals surface area (Å²) in [5.41, 5.74) is 2.81. The minimum atomic E-state index is -0.242. The fourth-order valence-electron chi connectivity index (χ4n) is 3.54. The molecule has 4 heterocycles. The third-order valence-electron chi connectivity index (χ3n) is 5.07. The van der Waals surface area contributed by atoms with Crippen molar-refractivity contribution in [3.63, 3.8) is 0 Å². The first-order valence-corrected chi connectivity index (χ1v) is 11.2. The van der Waals surface area contributed by atoms with Crippen LogP contribution in [0.3, 0.4) is 0 Å². The number of halogens is 1. The molecule has 0 radical (unpaired) electrons. The minimum absolute atomic E-state index is 0.242. The lowest BCUT2D eigenvalue weighted by molar-refractivity contribution is 0.579. The van der Waals surface area contributed by atoms with Crippen molar-refractivity contribution in [1.29, 1.82) is 0 Å². The van der Waals surface area contributed by atoms with E-state index in [1.54, 1.807) is 35.2 Å². The molecule has 2 aromatic carbocycles. The van der Waals surface area contributed by atoms with Gasteiger partial charge in [-0.25, -0.2) is 4.68 Å². The second kappa shape index (κ2) is 7.84. The maximum absolute atomic E-state index is 13.1. The molecular formula is C24H14ClN5O2S. The maximum Gasteiger partial charge on any atom is 0.291 e. The van der Waals surface area contributed by atoms with E-state index in [-0.39, 0.29) is 5.56 Å². The molecule has 6 aromatic rings. The summed E-state index contributed by atoms with van der Waals surface area (Å²) in [5, 5.41) is 9.68. The van der Waals surface area contributed by atoms with Crippen LogP contribution in [0, 0.1) is 0 Å². The molecule has 0 N–H and O–H groups in total. The van der Waals surface area contributed by atoms with E-state index in [1.165, 1.54) is 15.9 Å². The fourth-order valence-corrected chi connectivity index (χ4v) is 4.62. The van der Waals surface area contributed by atoms with Gasteiger partial charge in [-0.1, -0.05) is 53.3 Å². The Bertz CT molecular complexity index is 1700. The molecule has 33 heavy (non-hydrogen) atoms. The average molecular weight is 472 g/mol. The number of hydrogen-bond acceptors (Lipinski definition) is 6. The van der Waals surface area contributed by atoms with E-state index in [4.69, 9.17) is 21.1 Å². The van der Waals surface area contributed by atoms with Crippen LogP contribution in [0.1, 0.15) is 5.56 Å². The molecule has 0 unspecified atom stereocenters. The summed E-state index contributed by atoms with van der Waals surface area (Å²) in [6, 6.07) is 20.6. The van der Waals surface area contributed by atoms with Crippen molar-refractivity contribution in [1.82, 2.24) is 24.4 Å². The first kappa shape index (κ1) is 19.7. The van der Waals surface area contributed by atoms with E-state index >= 15 is 0 Å². The van der Waals surface area contributed by atoms with Crippen molar-refractivity contribution in [3.05, 3.63) is 105 Å². The molecule has 9 heteroatoms. The first-order valence-electron chi connectivity index (χ1n) is 10.0. The van der Waals surface area contributed by atoms with Crippen LogP contribution in [0.15, 0.2) is 88.4 Å². The summed E-state index contributed by atoms with van der Waals surface area (Å²) in [5.74, 6) is 1.08. The molecule has 0 atom stereocenters. The monoisotopic (exact) mass is 471 g/mol. The van der Waals surface area contributed by atoms with Crippen molar-refractivity contribution in [2.75, 3.05) is 0 Å². The lowest BCUT2D eigenvalue weighted by atomic mass is 10.2. The van der Waals surface area contributed by atoms with Crippen molar-refractivity contribution < 1.29 is 4.42 Å². The molecule has 0 aliphatic carbocycles. The highest BCUT2D eigenvalue weighted by Gasteiger charge is 2.16. The number of hydrogen-bond donors (Lipinski definition) is 0. The Labute approximate surface area is 195 Å². The van der Waals surface area contributed by atoms with E-state index in [2.05, 4.69) is 10.1 Å². The SMILES string of the molecule is O=c1/c(=C/c2cn(-c3ccccc3)nc2-c2ccco2)sc2nc(-c3cccc(Cl)c3)nn12. The van der Waals surface area contributed by atoms with Gasteiger partial charge in [-0.05, 0) is 42.5 Å². The van der Waals surface area contributed by atoms with Crippen LogP contribution in [-0.2, 0) is 0 Å². The third kappa shape index (κ3) is 3.55. The number of furan rings is 1. The summed E-state index contributed by atoms with van der Waals surface area (Å²) in [4.78, 5) is 18.1. The standard InChI is InChI=1S/C24H14ClN5O2S/c25-17-7-4-6-15(12-17)22-26-24-30(28-22)23(31)20(33-24)13-16-14-29(18-8-2-1-3-9-18)27-21(16)19-10-5-11-32-19/h1-14H/b20-13-. The molecule has 160 valence electrons. The number of rotatable bonds is 4. The molecule has 0 aliphatic heterocycles. The van der Waals surface area contributed by atoms with Gasteiger partial charge in [0.15, 0.2) is 11.6 Å². The predicted octanol–water partition coefficient (Wildman–Crippen LogP) is 4.46. The highest BCUT2D eigenvalue weighted by Crippen LogP contribution is 2.25. The number of fused-ring (bicyclic) bond motifs is 1. The average Bonchev–Trinajstić information content (AvgIpc) is 3.61. The number of para-hydroxylation sites is 1. The van der Waals surface area contributed by atoms with Crippen LogP contribution in [-0.4, -0.2) is 24.4 Å². The van der Waals surface area contributed by atoms with Gasteiger partial charge in [0.05, 0.1) is 16.5 Å². The van der Waals surface area contributed by atoms with Crippen molar-refractivity contribution in [2.45, 2.75) is 0 Å². The van der Waals surface area contributed by atoms with Crippen LogP contribution < -0.4 is 10.1 Å². The van der Waals surface area contributed by atoms with E-state index in [1.807, 2.05) is 54.7 Å². The number of thiazole rings is 1. The summed E-state index contributed by atoms with van der Waals surface area (Å²) in [6.45, 7) is 0. The molecule has 0 spiro atoms. The van der Waals surface area contributed by atoms with Crippen molar-refractivity contribution >= 4 is 34.0 Å². The Hall–Kier alpha value is -4.01. The molecule has 0 fully saturated rings. The second-order valence-corrected chi connectivity index (χ2v) is 8.69. The highest BCUT2D eigenvalue weighted by molar-refractivity contribution is 7.15. The maximum atomic E-state index is 13.1. The van der Waals surface area contributed by atoms with Gasteiger partial charge in [-0.15, -0.1) is 5.10 Å².